The van der Waals surface area contributed by atoms with Gasteiger partial charge in [-0.05, 0) is 51.8 Å². The van der Waals surface area contributed by atoms with Gasteiger partial charge in [-0.2, -0.15) is 4.89 Å². The van der Waals surface area contributed by atoms with Crippen molar-refractivity contribution >= 4 is 14.0 Å². The SMILES string of the molecule is Cc1c(-c2ccccc2)nc(C(C)C)c(CCOC(=O)CC(O)C[P+](=O)O)c1-c1ccc(F)cc1. The summed E-state index contributed by atoms with van der Waals surface area (Å²) in [5, 5.41) is 9.73. The van der Waals surface area contributed by atoms with Crippen molar-refractivity contribution in [1.29, 1.82) is 0 Å². The van der Waals surface area contributed by atoms with E-state index in [1.165, 1.54) is 12.1 Å². The third-order valence-corrected chi connectivity index (χ3v) is 6.42. The molecule has 0 bridgehead atoms. The molecule has 2 unspecified atom stereocenters. The van der Waals surface area contributed by atoms with E-state index in [9.17, 15) is 18.9 Å². The van der Waals surface area contributed by atoms with Gasteiger partial charge in [-0.3, -0.25) is 9.78 Å². The Balaban J connectivity index is 1.99. The molecular weight excluding hydrogens is 468 g/mol. The van der Waals surface area contributed by atoms with Crippen molar-refractivity contribution in [2.45, 2.75) is 45.6 Å². The molecule has 0 spiro atoms. The lowest BCUT2D eigenvalue weighted by atomic mass is 9.87. The summed E-state index contributed by atoms with van der Waals surface area (Å²) < 4.78 is 29.9. The van der Waals surface area contributed by atoms with E-state index in [4.69, 9.17) is 14.6 Å². The van der Waals surface area contributed by atoms with Crippen molar-refractivity contribution in [3.05, 3.63) is 77.2 Å². The van der Waals surface area contributed by atoms with E-state index in [1.54, 1.807) is 12.1 Å². The predicted octanol–water partition coefficient (Wildman–Crippen LogP) is 5.56. The first-order valence-corrected chi connectivity index (χ1v) is 12.9. The number of carbonyl (C=O) groups is 1. The van der Waals surface area contributed by atoms with Crippen LogP contribution in [0.25, 0.3) is 22.4 Å². The maximum atomic E-state index is 13.7. The number of carbonyl (C=O) groups excluding carboxylic acids is 1. The number of aliphatic hydroxyl groups excluding tert-OH is 1. The third kappa shape index (κ3) is 7.01. The van der Waals surface area contributed by atoms with E-state index >= 15 is 0 Å². The fourth-order valence-corrected chi connectivity index (χ4v) is 4.61. The van der Waals surface area contributed by atoms with Gasteiger partial charge in [0.15, 0.2) is 0 Å². The molecule has 0 aliphatic heterocycles. The molecule has 184 valence electrons. The van der Waals surface area contributed by atoms with Crippen LogP contribution >= 0.6 is 8.03 Å². The normalized spacial score (nSPS) is 12.5. The van der Waals surface area contributed by atoms with Crippen molar-refractivity contribution in [2.75, 3.05) is 12.8 Å². The topological polar surface area (TPSA) is 96.7 Å². The molecular formula is C27H30FNO5P+. The summed E-state index contributed by atoms with van der Waals surface area (Å²) in [4.78, 5) is 26.0. The number of pyridine rings is 1. The molecule has 0 aliphatic carbocycles. The fraction of sp³-hybridized carbons (Fsp3) is 0.333. The van der Waals surface area contributed by atoms with E-state index in [0.29, 0.717) is 6.42 Å². The van der Waals surface area contributed by atoms with Crippen molar-refractivity contribution < 1.29 is 28.5 Å². The lowest BCUT2D eigenvalue weighted by Crippen LogP contribution is -2.19. The monoisotopic (exact) mass is 498 g/mol. The second kappa shape index (κ2) is 12.1. The molecule has 3 rings (SSSR count). The summed E-state index contributed by atoms with van der Waals surface area (Å²) >= 11 is 0. The largest absolute Gasteiger partial charge is 0.508 e. The highest BCUT2D eigenvalue weighted by atomic mass is 31.1. The van der Waals surface area contributed by atoms with Crippen LogP contribution in [0.1, 0.15) is 43.0 Å². The Morgan fingerprint density at radius 1 is 1.09 bits per heavy atom. The molecule has 8 heteroatoms. The lowest BCUT2D eigenvalue weighted by Gasteiger charge is -2.22. The van der Waals surface area contributed by atoms with Gasteiger partial charge >= 0.3 is 14.0 Å². The summed E-state index contributed by atoms with van der Waals surface area (Å²) in [5.74, 6) is -0.897. The Labute approximate surface area is 205 Å². The van der Waals surface area contributed by atoms with Gasteiger partial charge in [-0.1, -0.05) is 56.3 Å². The van der Waals surface area contributed by atoms with E-state index in [-0.39, 0.29) is 30.9 Å². The summed E-state index contributed by atoms with van der Waals surface area (Å²) in [6, 6.07) is 16.2. The van der Waals surface area contributed by atoms with Gasteiger partial charge < -0.3 is 9.84 Å². The molecule has 0 saturated carbocycles. The summed E-state index contributed by atoms with van der Waals surface area (Å²) in [6.07, 6.45) is -1.58. The van der Waals surface area contributed by atoms with Gasteiger partial charge in [-0.25, -0.2) is 4.39 Å². The Morgan fingerprint density at radius 2 is 1.74 bits per heavy atom. The molecule has 0 radical (unpaired) electrons. The lowest BCUT2D eigenvalue weighted by molar-refractivity contribution is -0.145. The average molecular weight is 499 g/mol. The number of halogens is 1. The Morgan fingerprint density at radius 3 is 2.34 bits per heavy atom. The van der Waals surface area contributed by atoms with Gasteiger partial charge in [0.25, 0.3) is 0 Å². The molecule has 2 aromatic carbocycles. The standard InChI is InChI=1S/C27H29FNO5P/c1-17(2)26-23(13-14-34-24(31)15-22(30)16-35(32)33)25(19-9-11-21(28)12-10-19)18(3)27(29-26)20-7-5-4-6-8-20/h4-12,17,22,30H,13-16H2,1-3H3/p+1. The number of hydrogen-bond donors (Lipinski definition) is 2. The zero-order valence-electron chi connectivity index (χ0n) is 20.1. The molecule has 0 amide bonds. The van der Waals surface area contributed by atoms with Gasteiger partial charge in [0.1, 0.15) is 11.9 Å². The second-order valence-electron chi connectivity index (χ2n) is 8.71. The molecule has 1 heterocycles. The molecule has 0 aliphatic rings. The quantitative estimate of drug-likeness (QED) is 0.281. The molecule has 1 aromatic heterocycles. The highest BCUT2D eigenvalue weighted by molar-refractivity contribution is 7.38. The van der Waals surface area contributed by atoms with E-state index in [1.807, 2.05) is 51.1 Å². The number of aliphatic hydroxyl groups is 1. The molecule has 6 nitrogen and oxygen atoms in total. The van der Waals surface area contributed by atoms with Crippen molar-refractivity contribution in [3.8, 4) is 22.4 Å². The van der Waals surface area contributed by atoms with E-state index in [2.05, 4.69) is 0 Å². The van der Waals surface area contributed by atoms with Crippen LogP contribution in [0.4, 0.5) is 4.39 Å². The first-order valence-electron chi connectivity index (χ1n) is 11.5. The van der Waals surface area contributed by atoms with Gasteiger partial charge in [0.05, 0.1) is 18.7 Å². The predicted molar refractivity (Wildman–Crippen MR) is 134 cm³/mol. The summed E-state index contributed by atoms with van der Waals surface area (Å²) in [5.41, 5.74) is 6.30. The molecule has 0 fully saturated rings. The Kier molecular flexibility index (Phi) is 9.21. The minimum atomic E-state index is -2.53. The maximum absolute atomic E-state index is 13.7. The van der Waals surface area contributed by atoms with Crippen LogP contribution in [0.5, 0.6) is 0 Å². The highest BCUT2D eigenvalue weighted by Crippen LogP contribution is 2.37. The zero-order chi connectivity index (χ0) is 25.5. The first kappa shape index (κ1) is 26.6. The maximum Gasteiger partial charge on any atom is 0.508 e. The molecule has 2 atom stereocenters. The minimum Gasteiger partial charge on any atom is -0.465 e. The summed E-state index contributed by atoms with van der Waals surface area (Å²) in [6.45, 7) is 6.13. The van der Waals surface area contributed by atoms with Crippen molar-refractivity contribution in [3.63, 3.8) is 0 Å². The van der Waals surface area contributed by atoms with Crippen LogP contribution in [0.15, 0.2) is 54.6 Å². The smallest absolute Gasteiger partial charge is 0.465 e. The van der Waals surface area contributed by atoms with Crippen LogP contribution in [-0.4, -0.2) is 39.8 Å². The fourth-order valence-electron chi connectivity index (χ4n) is 4.12. The van der Waals surface area contributed by atoms with E-state index < -0.39 is 20.1 Å². The minimum absolute atomic E-state index is 0.0521. The highest BCUT2D eigenvalue weighted by Gasteiger charge is 2.24. The number of esters is 1. The van der Waals surface area contributed by atoms with Crippen LogP contribution in [0.3, 0.4) is 0 Å². The third-order valence-electron chi connectivity index (χ3n) is 5.68. The van der Waals surface area contributed by atoms with Gasteiger partial charge in [0.2, 0.25) is 6.16 Å². The molecule has 35 heavy (non-hydrogen) atoms. The zero-order valence-corrected chi connectivity index (χ0v) is 21.0. The van der Waals surface area contributed by atoms with Crippen LogP contribution in [-0.2, 0) is 20.5 Å². The Hall–Kier alpha value is -2.99. The van der Waals surface area contributed by atoms with Gasteiger partial charge in [-0.15, -0.1) is 0 Å². The van der Waals surface area contributed by atoms with Crippen LogP contribution in [0.2, 0.25) is 0 Å². The molecule has 0 saturated heterocycles. The number of benzene rings is 2. The Bertz CT molecular complexity index is 1180. The number of rotatable bonds is 10. The molecule has 3 aromatic rings. The first-order chi connectivity index (χ1) is 16.7. The van der Waals surface area contributed by atoms with Crippen LogP contribution < -0.4 is 0 Å². The van der Waals surface area contributed by atoms with Gasteiger partial charge in [0, 0.05) is 17.7 Å². The number of hydrogen-bond acceptors (Lipinski definition) is 5. The summed E-state index contributed by atoms with van der Waals surface area (Å²) in [7, 11) is -2.53. The number of nitrogens with zero attached hydrogens (tertiary/aromatic N) is 1. The van der Waals surface area contributed by atoms with Crippen molar-refractivity contribution in [2.24, 2.45) is 0 Å². The van der Waals surface area contributed by atoms with Crippen molar-refractivity contribution in [1.82, 2.24) is 4.98 Å². The van der Waals surface area contributed by atoms with E-state index in [0.717, 1.165) is 39.2 Å². The second-order valence-corrected chi connectivity index (χ2v) is 9.78. The van der Waals surface area contributed by atoms with Crippen LogP contribution in [0, 0.1) is 12.7 Å². The number of ether oxygens (including phenoxy) is 1. The molecule has 2 N–H and O–H groups in total. The average Bonchev–Trinajstić information content (AvgIpc) is 2.80. The number of aromatic nitrogens is 1.